The predicted octanol–water partition coefficient (Wildman–Crippen LogP) is 2.44. The fourth-order valence-corrected chi connectivity index (χ4v) is 1.27. The van der Waals surface area contributed by atoms with Gasteiger partial charge >= 0.3 is 5.97 Å². The molecule has 0 saturated heterocycles. The molecule has 0 aliphatic carbocycles. The van der Waals surface area contributed by atoms with Crippen LogP contribution in [0.1, 0.15) is 18.1 Å². The van der Waals surface area contributed by atoms with Crippen LogP contribution in [0.2, 0.25) is 0 Å². The van der Waals surface area contributed by atoms with E-state index in [9.17, 15) is 4.79 Å². The van der Waals surface area contributed by atoms with Crippen molar-refractivity contribution in [1.82, 2.24) is 0 Å². The van der Waals surface area contributed by atoms with Crippen molar-refractivity contribution in [2.45, 2.75) is 13.3 Å². The van der Waals surface area contributed by atoms with E-state index in [0.29, 0.717) is 6.61 Å². The Hall–Kier alpha value is -1.57. The molecule has 14 heavy (non-hydrogen) atoms. The highest BCUT2D eigenvalue weighted by Gasteiger charge is 1.99. The van der Waals surface area contributed by atoms with Crippen LogP contribution in [0.15, 0.2) is 30.8 Å². The Morgan fingerprint density at radius 3 is 2.86 bits per heavy atom. The highest BCUT2D eigenvalue weighted by Crippen LogP contribution is 2.10. The Morgan fingerprint density at radius 1 is 1.50 bits per heavy atom. The lowest BCUT2D eigenvalue weighted by molar-refractivity contribution is -0.140. The summed E-state index contributed by atoms with van der Waals surface area (Å²) >= 11 is 0. The molecule has 0 atom stereocenters. The maximum atomic E-state index is 10.5. The van der Waals surface area contributed by atoms with Crippen molar-refractivity contribution in [3.8, 4) is 0 Å². The van der Waals surface area contributed by atoms with E-state index >= 15 is 0 Å². The van der Waals surface area contributed by atoms with Gasteiger partial charge in [0.2, 0.25) is 0 Å². The summed E-state index contributed by atoms with van der Waals surface area (Å²) in [5, 5.41) is 0. The van der Waals surface area contributed by atoms with E-state index in [2.05, 4.69) is 6.58 Å². The summed E-state index contributed by atoms with van der Waals surface area (Å²) in [6, 6.07) is 7.94. The van der Waals surface area contributed by atoms with Crippen LogP contribution >= 0.6 is 0 Å². The third-order valence-corrected chi connectivity index (χ3v) is 1.95. The molecule has 0 radical (unpaired) electrons. The third-order valence-electron chi connectivity index (χ3n) is 1.95. The van der Waals surface area contributed by atoms with Crippen molar-refractivity contribution in [2.24, 2.45) is 0 Å². The second-order valence-corrected chi connectivity index (χ2v) is 2.99. The summed E-state index contributed by atoms with van der Waals surface area (Å²) in [7, 11) is 0. The summed E-state index contributed by atoms with van der Waals surface area (Å²) in [6.45, 7) is 5.57. The standard InChI is InChI=1S/C12H14O2/c1-3-11-6-4-5-7-12(11)8-9-14-10(2)13/h3-7H,1,8-9H2,2H3. The number of hydrogen-bond acceptors (Lipinski definition) is 2. The summed E-state index contributed by atoms with van der Waals surface area (Å²) in [4.78, 5) is 10.5. The van der Waals surface area contributed by atoms with Crippen LogP contribution in [0.5, 0.6) is 0 Å². The summed E-state index contributed by atoms with van der Waals surface area (Å²) in [6.07, 6.45) is 2.55. The van der Waals surface area contributed by atoms with Gasteiger partial charge in [0.25, 0.3) is 0 Å². The number of carbonyl (C=O) groups is 1. The Bertz CT molecular complexity index is 329. The van der Waals surface area contributed by atoms with Gasteiger partial charge in [0.1, 0.15) is 0 Å². The van der Waals surface area contributed by atoms with Crippen molar-refractivity contribution < 1.29 is 9.53 Å². The molecule has 74 valence electrons. The van der Waals surface area contributed by atoms with Crippen LogP contribution in [0.4, 0.5) is 0 Å². The van der Waals surface area contributed by atoms with Crippen molar-refractivity contribution in [3.05, 3.63) is 42.0 Å². The van der Waals surface area contributed by atoms with Crippen LogP contribution in [-0.2, 0) is 16.0 Å². The monoisotopic (exact) mass is 190 g/mol. The van der Waals surface area contributed by atoms with Gasteiger partial charge in [0, 0.05) is 13.3 Å². The zero-order valence-electron chi connectivity index (χ0n) is 8.32. The zero-order valence-corrected chi connectivity index (χ0v) is 8.32. The van der Waals surface area contributed by atoms with Crippen LogP contribution in [0.25, 0.3) is 6.08 Å². The molecular weight excluding hydrogens is 176 g/mol. The quantitative estimate of drug-likeness (QED) is 0.681. The summed E-state index contributed by atoms with van der Waals surface area (Å²) in [5.74, 6) is -0.235. The first-order valence-electron chi connectivity index (χ1n) is 4.57. The smallest absolute Gasteiger partial charge is 0.302 e. The van der Waals surface area contributed by atoms with Crippen molar-refractivity contribution >= 4 is 12.0 Å². The van der Waals surface area contributed by atoms with Gasteiger partial charge in [-0.05, 0) is 11.1 Å². The molecule has 2 heteroatoms. The van der Waals surface area contributed by atoms with Gasteiger partial charge in [-0.2, -0.15) is 0 Å². The van der Waals surface area contributed by atoms with E-state index in [0.717, 1.165) is 17.5 Å². The van der Waals surface area contributed by atoms with Gasteiger partial charge in [-0.15, -0.1) is 0 Å². The maximum Gasteiger partial charge on any atom is 0.302 e. The second-order valence-electron chi connectivity index (χ2n) is 2.99. The first-order valence-corrected chi connectivity index (χ1v) is 4.57. The molecule has 1 aromatic rings. The Balaban J connectivity index is 2.57. The molecule has 0 amide bonds. The Morgan fingerprint density at radius 2 is 2.21 bits per heavy atom. The molecule has 0 aromatic heterocycles. The van der Waals surface area contributed by atoms with Crippen LogP contribution in [0, 0.1) is 0 Å². The second kappa shape index (κ2) is 5.22. The molecule has 0 heterocycles. The van der Waals surface area contributed by atoms with E-state index in [1.165, 1.54) is 6.92 Å². The molecule has 0 aliphatic heterocycles. The maximum absolute atomic E-state index is 10.5. The average molecular weight is 190 g/mol. The molecule has 0 unspecified atom stereocenters. The van der Waals surface area contributed by atoms with E-state index in [1.54, 1.807) is 0 Å². The number of esters is 1. The molecule has 0 N–H and O–H groups in total. The van der Waals surface area contributed by atoms with Gasteiger partial charge in [-0.25, -0.2) is 0 Å². The molecule has 0 aliphatic rings. The highest BCUT2D eigenvalue weighted by molar-refractivity contribution is 5.65. The molecule has 0 saturated carbocycles. The molecule has 1 aromatic carbocycles. The number of benzene rings is 1. The van der Waals surface area contributed by atoms with E-state index in [4.69, 9.17) is 4.74 Å². The van der Waals surface area contributed by atoms with Crippen LogP contribution in [0.3, 0.4) is 0 Å². The number of hydrogen-bond donors (Lipinski definition) is 0. The van der Waals surface area contributed by atoms with E-state index in [1.807, 2.05) is 30.3 Å². The van der Waals surface area contributed by atoms with E-state index in [-0.39, 0.29) is 5.97 Å². The number of ether oxygens (including phenoxy) is 1. The Labute approximate surface area is 84.2 Å². The van der Waals surface area contributed by atoms with Crippen LogP contribution in [-0.4, -0.2) is 12.6 Å². The third kappa shape index (κ3) is 3.05. The largest absolute Gasteiger partial charge is 0.466 e. The molecule has 0 spiro atoms. The first-order chi connectivity index (χ1) is 6.74. The minimum Gasteiger partial charge on any atom is -0.466 e. The minimum atomic E-state index is -0.235. The first kappa shape index (κ1) is 10.5. The lowest BCUT2D eigenvalue weighted by atomic mass is 10.1. The Kier molecular flexibility index (Phi) is 3.92. The summed E-state index contributed by atoms with van der Waals surface area (Å²) in [5.41, 5.74) is 2.25. The lowest BCUT2D eigenvalue weighted by Crippen LogP contribution is -2.04. The van der Waals surface area contributed by atoms with Gasteiger partial charge < -0.3 is 4.74 Å². The van der Waals surface area contributed by atoms with Gasteiger partial charge in [-0.3, -0.25) is 4.79 Å². The van der Waals surface area contributed by atoms with Gasteiger partial charge in [0.15, 0.2) is 0 Å². The molecule has 0 bridgehead atoms. The number of carbonyl (C=O) groups excluding carboxylic acids is 1. The normalized spacial score (nSPS) is 9.50. The topological polar surface area (TPSA) is 26.3 Å². The molecular formula is C12H14O2. The summed E-state index contributed by atoms with van der Waals surface area (Å²) < 4.78 is 4.87. The van der Waals surface area contributed by atoms with Gasteiger partial charge in [0.05, 0.1) is 6.61 Å². The zero-order chi connectivity index (χ0) is 10.4. The SMILES string of the molecule is C=Cc1ccccc1CCOC(C)=O. The van der Waals surface area contributed by atoms with E-state index < -0.39 is 0 Å². The van der Waals surface area contributed by atoms with Crippen molar-refractivity contribution in [3.63, 3.8) is 0 Å². The van der Waals surface area contributed by atoms with Gasteiger partial charge in [-0.1, -0.05) is 36.9 Å². The molecule has 0 fully saturated rings. The van der Waals surface area contributed by atoms with Crippen molar-refractivity contribution in [2.75, 3.05) is 6.61 Å². The fourth-order valence-electron chi connectivity index (χ4n) is 1.27. The van der Waals surface area contributed by atoms with Crippen LogP contribution < -0.4 is 0 Å². The fraction of sp³-hybridized carbons (Fsp3) is 0.250. The predicted molar refractivity (Wildman–Crippen MR) is 56.9 cm³/mol. The lowest BCUT2D eigenvalue weighted by Gasteiger charge is -2.05. The molecule has 2 nitrogen and oxygen atoms in total. The highest BCUT2D eigenvalue weighted by atomic mass is 16.5. The number of rotatable bonds is 4. The molecule has 1 rings (SSSR count). The average Bonchev–Trinajstić information content (AvgIpc) is 2.18. The minimum absolute atomic E-state index is 0.235. The van der Waals surface area contributed by atoms with Crippen molar-refractivity contribution in [1.29, 1.82) is 0 Å².